The van der Waals surface area contributed by atoms with Crippen LogP contribution in [0.25, 0.3) is 80.4 Å². The lowest BCUT2D eigenvalue weighted by Crippen LogP contribution is -2.12. The molecular formula is C46H28N2OS. The maximum Gasteiger partial charge on any atom is 0.136 e. The molecule has 11 rings (SSSR count). The number of fused-ring (bicyclic) bond motifs is 11. The molecule has 3 heterocycles. The molecule has 0 bridgehead atoms. The van der Waals surface area contributed by atoms with Gasteiger partial charge in [0.1, 0.15) is 11.2 Å². The molecule has 0 radical (unpaired) electrons. The molecule has 0 saturated carbocycles. The van der Waals surface area contributed by atoms with Gasteiger partial charge in [-0.2, -0.15) is 0 Å². The van der Waals surface area contributed by atoms with Crippen LogP contribution in [-0.2, 0) is 0 Å². The number of hydrogen-bond acceptors (Lipinski definition) is 3. The number of hydrogen-bond donors (Lipinski definition) is 0. The van der Waals surface area contributed by atoms with Gasteiger partial charge in [0, 0.05) is 48.4 Å². The van der Waals surface area contributed by atoms with Crippen molar-refractivity contribution in [3.8, 4) is 5.69 Å². The molecule has 234 valence electrons. The molecule has 50 heavy (non-hydrogen) atoms. The van der Waals surface area contributed by atoms with Gasteiger partial charge in [0.2, 0.25) is 0 Å². The summed E-state index contributed by atoms with van der Waals surface area (Å²) >= 11 is 1.86. The first-order chi connectivity index (χ1) is 24.8. The number of nitrogens with zero attached hydrogens (tertiary/aromatic N) is 2. The minimum atomic E-state index is 0.912. The van der Waals surface area contributed by atoms with Gasteiger partial charge in [-0.3, -0.25) is 0 Å². The van der Waals surface area contributed by atoms with Crippen LogP contribution < -0.4 is 4.90 Å². The van der Waals surface area contributed by atoms with Crippen LogP contribution in [0.2, 0.25) is 0 Å². The van der Waals surface area contributed by atoms with E-state index in [4.69, 9.17) is 4.42 Å². The molecule has 8 aromatic carbocycles. The summed E-state index contributed by atoms with van der Waals surface area (Å²) in [6.45, 7) is 0. The van der Waals surface area contributed by atoms with Crippen LogP contribution >= 0.6 is 11.3 Å². The summed E-state index contributed by atoms with van der Waals surface area (Å²) in [5.41, 5.74) is 8.72. The quantitative estimate of drug-likeness (QED) is 0.188. The fourth-order valence-electron chi connectivity index (χ4n) is 8.02. The number of benzene rings is 8. The number of para-hydroxylation sites is 4. The van der Waals surface area contributed by atoms with Crippen molar-refractivity contribution in [3.63, 3.8) is 0 Å². The average molecular weight is 657 g/mol. The Morgan fingerprint density at radius 3 is 2.10 bits per heavy atom. The SMILES string of the molecule is c1ccc(-n2c3ccccc3c3cccc(N(c4ccc5c(ccc6oc7ccccc7c65)c4)c4cccc5c4sc4ccccc45)c32)cc1. The predicted octanol–water partition coefficient (Wildman–Crippen LogP) is 13.7. The molecule has 3 nitrogen and oxygen atoms in total. The Balaban J connectivity index is 1.26. The molecule has 0 aliphatic carbocycles. The Bertz CT molecular complexity index is 3110. The third-order valence-corrected chi connectivity index (χ3v) is 11.4. The van der Waals surface area contributed by atoms with E-state index in [0.29, 0.717) is 0 Å². The van der Waals surface area contributed by atoms with E-state index in [-0.39, 0.29) is 0 Å². The van der Waals surface area contributed by atoms with Crippen molar-refractivity contribution in [2.24, 2.45) is 0 Å². The molecule has 0 amide bonds. The van der Waals surface area contributed by atoms with Crippen molar-refractivity contribution < 1.29 is 4.42 Å². The number of anilines is 3. The monoisotopic (exact) mass is 656 g/mol. The molecule has 0 N–H and O–H groups in total. The summed E-state index contributed by atoms with van der Waals surface area (Å²) < 4.78 is 11.3. The summed E-state index contributed by atoms with van der Waals surface area (Å²) in [6, 6.07) is 61.3. The van der Waals surface area contributed by atoms with Crippen LogP contribution in [0.15, 0.2) is 174 Å². The van der Waals surface area contributed by atoms with E-state index in [9.17, 15) is 0 Å². The fraction of sp³-hybridized carbons (Fsp3) is 0. The first-order valence-electron chi connectivity index (χ1n) is 16.9. The van der Waals surface area contributed by atoms with Gasteiger partial charge in [-0.25, -0.2) is 0 Å². The van der Waals surface area contributed by atoms with E-state index in [0.717, 1.165) is 44.7 Å². The van der Waals surface area contributed by atoms with Gasteiger partial charge >= 0.3 is 0 Å². The van der Waals surface area contributed by atoms with Crippen molar-refractivity contribution in [1.29, 1.82) is 0 Å². The highest BCUT2D eigenvalue weighted by Crippen LogP contribution is 2.48. The second-order valence-corrected chi connectivity index (χ2v) is 13.9. The molecule has 0 unspecified atom stereocenters. The Kier molecular flexibility index (Phi) is 5.83. The Morgan fingerprint density at radius 1 is 0.480 bits per heavy atom. The highest BCUT2D eigenvalue weighted by Gasteiger charge is 2.24. The summed E-state index contributed by atoms with van der Waals surface area (Å²) in [7, 11) is 0. The van der Waals surface area contributed by atoms with Crippen LogP contribution in [0.1, 0.15) is 0 Å². The van der Waals surface area contributed by atoms with E-state index in [2.05, 4.69) is 173 Å². The molecule has 0 aliphatic rings. The van der Waals surface area contributed by atoms with Crippen molar-refractivity contribution in [1.82, 2.24) is 4.57 Å². The van der Waals surface area contributed by atoms with Gasteiger partial charge in [0.15, 0.2) is 0 Å². The van der Waals surface area contributed by atoms with Gasteiger partial charge in [-0.1, -0.05) is 109 Å². The highest BCUT2D eigenvalue weighted by molar-refractivity contribution is 7.26. The van der Waals surface area contributed by atoms with Crippen molar-refractivity contribution >= 4 is 103 Å². The van der Waals surface area contributed by atoms with E-state index < -0.39 is 0 Å². The van der Waals surface area contributed by atoms with Crippen LogP contribution in [-0.4, -0.2) is 4.57 Å². The van der Waals surface area contributed by atoms with Crippen molar-refractivity contribution in [3.05, 3.63) is 170 Å². The number of furan rings is 1. The van der Waals surface area contributed by atoms with E-state index in [1.807, 2.05) is 17.4 Å². The largest absolute Gasteiger partial charge is 0.456 e. The summed E-state index contributed by atoms with van der Waals surface area (Å²) in [4.78, 5) is 2.48. The molecular weight excluding hydrogens is 629 g/mol. The molecule has 0 aliphatic heterocycles. The van der Waals surface area contributed by atoms with E-state index in [1.54, 1.807) is 0 Å². The smallest absolute Gasteiger partial charge is 0.136 e. The van der Waals surface area contributed by atoms with Crippen molar-refractivity contribution in [2.45, 2.75) is 0 Å². The van der Waals surface area contributed by atoms with Crippen LogP contribution in [0.3, 0.4) is 0 Å². The third kappa shape index (κ3) is 3.91. The molecule has 11 aromatic rings. The number of thiophene rings is 1. The van der Waals surface area contributed by atoms with Gasteiger partial charge in [-0.05, 0) is 71.4 Å². The molecule has 0 fully saturated rings. The Labute approximate surface area is 291 Å². The summed E-state index contributed by atoms with van der Waals surface area (Å²) in [5.74, 6) is 0. The highest BCUT2D eigenvalue weighted by atomic mass is 32.1. The third-order valence-electron chi connectivity index (χ3n) is 10.2. The maximum atomic E-state index is 6.27. The zero-order chi connectivity index (χ0) is 32.8. The van der Waals surface area contributed by atoms with Gasteiger partial charge in [-0.15, -0.1) is 11.3 Å². The number of aromatic nitrogens is 1. The van der Waals surface area contributed by atoms with E-state index in [1.165, 1.54) is 52.8 Å². The summed E-state index contributed by atoms with van der Waals surface area (Å²) in [5, 5.41) is 9.69. The number of rotatable bonds is 4. The Hall–Kier alpha value is -6.36. The van der Waals surface area contributed by atoms with Crippen LogP contribution in [0.5, 0.6) is 0 Å². The van der Waals surface area contributed by atoms with Gasteiger partial charge in [0.25, 0.3) is 0 Å². The lowest BCUT2D eigenvalue weighted by Gasteiger charge is -2.28. The predicted molar refractivity (Wildman–Crippen MR) is 213 cm³/mol. The van der Waals surface area contributed by atoms with Gasteiger partial charge in [0.05, 0.1) is 27.1 Å². The molecule has 0 saturated heterocycles. The lowest BCUT2D eigenvalue weighted by atomic mass is 10.0. The fourth-order valence-corrected chi connectivity index (χ4v) is 9.23. The van der Waals surface area contributed by atoms with Crippen LogP contribution in [0, 0.1) is 0 Å². The normalized spacial score (nSPS) is 12.0. The van der Waals surface area contributed by atoms with Crippen LogP contribution in [0.4, 0.5) is 17.1 Å². The minimum absolute atomic E-state index is 0.912. The first-order valence-corrected chi connectivity index (χ1v) is 17.8. The average Bonchev–Trinajstić information content (AvgIpc) is 3.86. The molecule has 0 atom stereocenters. The van der Waals surface area contributed by atoms with Crippen molar-refractivity contribution in [2.75, 3.05) is 4.90 Å². The van der Waals surface area contributed by atoms with Gasteiger partial charge < -0.3 is 13.9 Å². The zero-order valence-corrected chi connectivity index (χ0v) is 27.7. The minimum Gasteiger partial charge on any atom is -0.456 e. The second-order valence-electron chi connectivity index (χ2n) is 12.9. The zero-order valence-electron chi connectivity index (χ0n) is 26.9. The standard InChI is InChI=1S/C46H28N2OS/c1-2-12-30(13-3-1)48-38-19-7-4-14-33(38)35-17-10-20-39(45(35)48)47(40-21-11-18-36-34-15-6-9-23-43(34)50-46(36)40)31-25-26-32-29(28-31)24-27-42-44(32)37-16-5-8-22-41(37)49-42/h1-28H. The topological polar surface area (TPSA) is 21.3 Å². The summed E-state index contributed by atoms with van der Waals surface area (Å²) in [6.07, 6.45) is 0. The Morgan fingerprint density at radius 2 is 1.20 bits per heavy atom. The molecule has 3 aromatic heterocycles. The lowest BCUT2D eigenvalue weighted by molar-refractivity contribution is 0.669. The first kappa shape index (κ1) is 27.6. The molecule has 0 spiro atoms. The molecule has 4 heteroatoms. The second kappa shape index (κ2) is 10.6. The van der Waals surface area contributed by atoms with E-state index >= 15 is 0 Å². The maximum absolute atomic E-state index is 6.27.